The predicted octanol–water partition coefficient (Wildman–Crippen LogP) is 4.16. The molecule has 0 radical (unpaired) electrons. The predicted molar refractivity (Wildman–Crippen MR) is 67.5 cm³/mol. The zero-order chi connectivity index (χ0) is 11.0. The number of rotatable bonds is 2. The molecular formula is C13H17BrN2. The van der Waals surface area contributed by atoms with E-state index in [9.17, 15) is 0 Å². The Hall–Kier alpha value is -0.440. The fourth-order valence-corrected chi connectivity index (χ4v) is 3.06. The SMILES string of the molecule is Brc1nc(C2CCCCC2)cc(C2CC2)n1. The Morgan fingerprint density at radius 1 is 0.875 bits per heavy atom. The van der Waals surface area contributed by atoms with Gasteiger partial charge in [0.1, 0.15) is 0 Å². The topological polar surface area (TPSA) is 25.8 Å². The van der Waals surface area contributed by atoms with Crippen molar-refractivity contribution in [2.24, 2.45) is 0 Å². The van der Waals surface area contributed by atoms with Crippen LogP contribution in [0.4, 0.5) is 0 Å². The minimum absolute atomic E-state index is 0.686. The first-order valence-corrected chi connectivity index (χ1v) is 7.16. The molecule has 0 aliphatic heterocycles. The van der Waals surface area contributed by atoms with Gasteiger partial charge >= 0.3 is 0 Å². The van der Waals surface area contributed by atoms with Crippen molar-refractivity contribution in [3.05, 3.63) is 22.2 Å². The molecule has 0 N–H and O–H groups in total. The normalized spacial score (nSPS) is 22.3. The van der Waals surface area contributed by atoms with Gasteiger partial charge in [0.25, 0.3) is 0 Å². The number of aromatic nitrogens is 2. The molecule has 0 bridgehead atoms. The highest BCUT2D eigenvalue weighted by Crippen LogP contribution is 2.41. The maximum absolute atomic E-state index is 4.57. The number of hydrogen-bond acceptors (Lipinski definition) is 2. The van der Waals surface area contributed by atoms with E-state index in [2.05, 4.69) is 32.0 Å². The molecule has 0 spiro atoms. The van der Waals surface area contributed by atoms with Crippen molar-refractivity contribution in [3.63, 3.8) is 0 Å². The molecule has 3 rings (SSSR count). The van der Waals surface area contributed by atoms with Crippen LogP contribution in [0.3, 0.4) is 0 Å². The lowest BCUT2D eigenvalue weighted by Gasteiger charge is -2.21. The Kier molecular flexibility index (Phi) is 2.97. The third-order valence-corrected chi connectivity index (χ3v) is 4.11. The van der Waals surface area contributed by atoms with E-state index in [0.717, 1.165) is 10.7 Å². The minimum atomic E-state index is 0.686. The second kappa shape index (κ2) is 4.44. The lowest BCUT2D eigenvalue weighted by atomic mass is 9.86. The second-order valence-corrected chi connectivity index (χ2v) is 5.81. The van der Waals surface area contributed by atoms with Gasteiger partial charge in [-0.05, 0) is 47.7 Å². The molecule has 16 heavy (non-hydrogen) atoms. The van der Waals surface area contributed by atoms with Gasteiger partial charge in [0, 0.05) is 23.2 Å². The van der Waals surface area contributed by atoms with Crippen molar-refractivity contribution < 1.29 is 0 Å². The number of hydrogen-bond donors (Lipinski definition) is 0. The van der Waals surface area contributed by atoms with E-state index in [4.69, 9.17) is 0 Å². The number of nitrogens with zero attached hydrogens (tertiary/aromatic N) is 2. The monoisotopic (exact) mass is 280 g/mol. The summed E-state index contributed by atoms with van der Waals surface area (Å²) < 4.78 is 0.789. The summed E-state index contributed by atoms with van der Waals surface area (Å²) in [7, 11) is 0. The maximum Gasteiger partial charge on any atom is 0.197 e. The Balaban J connectivity index is 1.86. The molecule has 2 aliphatic rings. The van der Waals surface area contributed by atoms with Gasteiger partial charge in [0.05, 0.1) is 0 Å². The fourth-order valence-electron chi connectivity index (χ4n) is 2.65. The smallest absolute Gasteiger partial charge is 0.197 e. The van der Waals surface area contributed by atoms with Crippen molar-refractivity contribution in [2.75, 3.05) is 0 Å². The van der Waals surface area contributed by atoms with Gasteiger partial charge in [0.15, 0.2) is 4.73 Å². The molecule has 1 aromatic rings. The van der Waals surface area contributed by atoms with E-state index in [1.165, 1.54) is 56.3 Å². The first-order chi connectivity index (χ1) is 7.83. The number of halogens is 1. The average molecular weight is 281 g/mol. The molecule has 0 saturated heterocycles. The van der Waals surface area contributed by atoms with Crippen molar-refractivity contribution in [3.8, 4) is 0 Å². The van der Waals surface area contributed by atoms with E-state index in [0.29, 0.717) is 5.92 Å². The van der Waals surface area contributed by atoms with E-state index in [-0.39, 0.29) is 0 Å². The van der Waals surface area contributed by atoms with Crippen LogP contribution in [0.5, 0.6) is 0 Å². The largest absolute Gasteiger partial charge is 0.227 e. The Morgan fingerprint density at radius 3 is 2.00 bits per heavy atom. The van der Waals surface area contributed by atoms with E-state index in [1.54, 1.807) is 0 Å². The highest BCUT2D eigenvalue weighted by molar-refractivity contribution is 9.10. The van der Waals surface area contributed by atoms with Gasteiger partial charge in [-0.1, -0.05) is 19.3 Å². The Bertz CT molecular complexity index is 382. The summed E-state index contributed by atoms with van der Waals surface area (Å²) in [6.45, 7) is 0. The van der Waals surface area contributed by atoms with Crippen LogP contribution in [0.15, 0.2) is 10.8 Å². The summed E-state index contributed by atoms with van der Waals surface area (Å²) in [5, 5.41) is 0. The van der Waals surface area contributed by atoms with Crippen LogP contribution in [0.2, 0.25) is 0 Å². The van der Waals surface area contributed by atoms with Gasteiger partial charge in [-0.2, -0.15) is 0 Å². The fraction of sp³-hybridized carbons (Fsp3) is 0.692. The van der Waals surface area contributed by atoms with E-state index in [1.807, 2.05) is 0 Å². The van der Waals surface area contributed by atoms with Crippen LogP contribution in [0.25, 0.3) is 0 Å². The lowest BCUT2D eigenvalue weighted by Crippen LogP contribution is -2.08. The molecule has 2 saturated carbocycles. The average Bonchev–Trinajstić information content (AvgIpc) is 3.13. The van der Waals surface area contributed by atoms with Crippen molar-refractivity contribution in [2.45, 2.75) is 56.8 Å². The molecule has 2 nitrogen and oxygen atoms in total. The van der Waals surface area contributed by atoms with Crippen LogP contribution < -0.4 is 0 Å². The molecule has 1 aromatic heterocycles. The quantitative estimate of drug-likeness (QED) is 0.760. The van der Waals surface area contributed by atoms with Gasteiger partial charge < -0.3 is 0 Å². The molecular weight excluding hydrogens is 264 g/mol. The summed E-state index contributed by atoms with van der Waals surface area (Å²) in [4.78, 5) is 9.07. The van der Waals surface area contributed by atoms with Crippen molar-refractivity contribution >= 4 is 15.9 Å². The summed E-state index contributed by atoms with van der Waals surface area (Å²) >= 11 is 3.45. The summed E-state index contributed by atoms with van der Waals surface area (Å²) in [5.74, 6) is 1.41. The molecule has 3 heteroatoms. The van der Waals surface area contributed by atoms with Crippen molar-refractivity contribution in [1.82, 2.24) is 9.97 Å². The third-order valence-electron chi connectivity index (χ3n) is 3.76. The molecule has 0 atom stereocenters. The van der Waals surface area contributed by atoms with Crippen LogP contribution in [-0.4, -0.2) is 9.97 Å². The summed E-state index contributed by atoms with van der Waals surface area (Å²) in [6, 6.07) is 2.26. The highest BCUT2D eigenvalue weighted by Gasteiger charge is 2.27. The highest BCUT2D eigenvalue weighted by atomic mass is 79.9. The molecule has 1 heterocycles. The Morgan fingerprint density at radius 2 is 1.44 bits per heavy atom. The maximum atomic E-state index is 4.57. The van der Waals surface area contributed by atoms with Gasteiger partial charge in [-0.3, -0.25) is 0 Å². The van der Waals surface area contributed by atoms with Gasteiger partial charge in [-0.25, -0.2) is 9.97 Å². The molecule has 86 valence electrons. The second-order valence-electron chi connectivity index (χ2n) is 5.10. The first kappa shape index (κ1) is 10.7. The van der Waals surface area contributed by atoms with E-state index >= 15 is 0 Å². The summed E-state index contributed by atoms with van der Waals surface area (Å²) in [6.07, 6.45) is 9.39. The molecule has 0 amide bonds. The van der Waals surface area contributed by atoms with Crippen LogP contribution in [0, 0.1) is 0 Å². The van der Waals surface area contributed by atoms with Crippen LogP contribution >= 0.6 is 15.9 Å². The molecule has 2 aliphatic carbocycles. The zero-order valence-corrected chi connectivity index (χ0v) is 11.0. The molecule has 0 unspecified atom stereocenters. The van der Waals surface area contributed by atoms with Gasteiger partial charge in [0.2, 0.25) is 0 Å². The zero-order valence-electron chi connectivity index (χ0n) is 9.45. The van der Waals surface area contributed by atoms with Gasteiger partial charge in [-0.15, -0.1) is 0 Å². The first-order valence-electron chi connectivity index (χ1n) is 6.37. The van der Waals surface area contributed by atoms with Crippen molar-refractivity contribution in [1.29, 1.82) is 0 Å². The minimum Gasteiger partial charge on any atom is -0.227 e. The molecule has 0 aromatic carbocycles. The molecule has 2 fully saturated rings. The van der Waals surface area contributed by atoms with Crippen LogP contribution in [-0.2, 0) is 0 Å². The van der Waals surface area contributed by atoms with E-state index < -0.39 is 0 Å². The Labute approximate surface area is 105 Å². The van der Waals surface area contributed by atoms with Crippen LogP contribution in [0.1, 0.15) is 68.2 Å². The summed E-state index contributed by atoms with van der Waals surface area (Å²) in [5.41, 5.74) is 2.55. The standard InChI is InChI=1S/C13H17BrN2/c14-13-15-11(9-4-2-1-3-5-9)8-12(16-13)10-6-7-10/h8-10H,1-7H2. The third kappa shape index (κ3) is 2.29. The lowest BCUT2D eigenvalue weighted by molar-refractivity contribution is 0.435.